The zero-order chi connectivity index (χ0) is 21.5. The number of hydrogen-bond acceptors (Lipinski definition) is 6. The molecule has 1 saturated heterocycles. The molecular weight excluding hydrogens is 421 g/mol. The van der Waals surface area contributed by atoms with Crippen LogP contribution in [0.25, 0.3) is 0 Å². The number of ether oxygens (including phenoxy) is 1. The molecule has 162 valence electrons. The van der Waals surface area contributed by atoms with Crippen molar-refractivity contribution in [2.75, 3.05) is 36.8 Å². The fourth-order valence-corrected chi connectivity index (χ4v) is 4.60. The lowest BCUT2D eigenvalue weighted by Gasteiger charge is -2.35. The largest absolute Gasteiger partial charge is 0.474 e. The summed E-state index contributed by atoms with van der Waals surface area (Å²) in [6, 6.07) is 7.78. The summed E-state index contributed by atoms with van der Waals surface area (Å²) in [4.78, 5) is 6.00. The molecule has 1 saturated carbocycles. The van der Waals surface area contributed by atoms with E-state index in [4.69, 9.17) is 10.5 Å². The number of nitrogens with two attached hydrogens (primary N) is 1. The molecule has 0 amide bonds. The second kappa shape index (κ2) is 7.62. The summed E-state index contributed by atoms with van der Waals surface area (Å²) in [5, 5.41) is 0. The Morgan fingerprint density at radius 3 is 2.23 bits per heavy atom. The molecule has 0 spiro atoms. The molecule has 1 aliphatic carbocycles. The van der Waals surface area contributed by atoms with Crippen molar-refractivity contribution in [3.63, 3.8) is 0 Å². The van der Waals surface area contributed by atoms with Crippen LogP contribution in [-0.4, -0.2) is 50.0 Å². The maximum absolute atomic E-state index is 13.3. The molecule has 2 N–H and O–H groups in total. The second-order valence-electron chi connectivity index (χ2n) is 7.33. The third-order valence-electron chi connectivity index (χ3n) is 5.01. The number of hydrogen-bond donors (Lipinski definition) is 1. The van der Waals surface area contributed by atoms with Gasteiger partial charge in [-0.1, -0.05) is 0 Å². The van der Waals surface area contributed by atoms with Gasteiger partial charge in [-0.2, -0.15) is 22.5 Å². The van der Waals surface area contributed by atoms with Crippen molar-refractivity contribution in [2.24, 2.45) is 0 Å². The Kier molecular flexibility index (Phi) is 5.27. The standard InChI is InChI=1S/C19H21F3N4O3S/c20-19(21,22)13-11-17(24-18(12-13)29-15-3-4-15)25-7-9-26(10-8-25)30(27,28)16-5-1-14(23)2-6-16/h1-2,5-6,11-12,15H,3-4,7-10,23H2. The summed E-state index contributed by atoms with van der Waals surface area (Å²) < 4.78 is 72.3. The number of piperazine rings is 1. The molecule has 30 heavy (non-hydrogen) atoms. The lowest BCUT2D eigenvalue weighted by molar-refractivity contribution is -0.137. The Labute approximate surface area is 172 Å². The lowest BCUT2D eigenvalue weighted by atomic mass is 10.2. The van der Waals surface area contributed by atoms with E-state index in [0.717, 1.165) is 25.0 Å². The van der Waals surface area contributed by atoms with Crippen molar-refractivity contribution >= 4 is 21.5 Å². The normalized spacial score (nSPS) is 18.4. The predicted octanol–water partition coefficient (Wildman–Crippen LogP) is 2.73. The fourth-order valence-electron chi connectivity index (χ4n) is 3.18. The number of alkyl halides is 3. The second-order valence-corrected chi connectivity index (χ2v) is 9.27. The van der Waals surface area contributed by atoms with Gasteiger partial charge >= 0.3 is 6.18 Å². The number of nitrogen functional groups attached to an aromatic ring is 1. The van der Waals surface area contributed by atoms with Crippen LogP contribution < -0.4 is 15.4 Å². The van der Waals surface area contributed by atoms with E-state index in [0.29, 0.717) is 5.69 Å². The predicted molar refractivity (Wildman–Crippen MR) is 105 cm³/mol. The number of aromatic nitrogens is 1. The molecular formula is C19H21F3N4O3S. The molecule has 2 heterocycles. The third kappa shape index (κ3) is 4.46. The number of rotatable bonds is 5. The highest BCUT2D eigenvalue weighted by atomic mass is 32.2. The van der Waals surface area contributed by atoms with Crippen LogP contribution in [0.15, 0.2) is 41.3 Å². The van der Waals surface area contributed by atoms with Gasteiger partial charge in [-0.05, 0) is 43.2 Å². The first-order chi connectivity index (χ1) is 14.1. The van der Waals surface area contributed by atoms with Crippen molar-refractivity contribution in [1.82, 2.24) is 9.29 Å². The Morgan fingerprint density at radius 2 is 1.67 bits per heavy atom. The van der Waals surface area contributed by atoms with Crippen LogP contribution in [-0.2, 0) is 16.2 Å². The molecule has 2 fully saturated rings. The van der Waals surface area contributed by atoms with Crippen LogP contribution in [0, 0.1) is 0 Å². The van der Waals surface area contributed by atoms with Gasteiger partial charge in [0.15, 0.2) is 0 Å². The molecule has 7 nitrogen and oxygen atoms in total. The summed E-state index contributed by atoms with van der Waals surface area (Å²) in [5.74, 6) is 0.0734. The first-order valence-corrected chi connectivity index (χ1v) is 10.9. The van der Waals surface area contributed by atoms with Gasteiger partial charge in [0, 0.05) is 37.9 Å². The van der Waals surface area contributed by atoms with E-state index in [-0.39, 0.29) is 48.9 Å². The average molecular weight is 442 g/mol. The molecule has 1 aromatic carbocycles. The summed E-state index contributed by atoms with van der Waals surface area (Å²) in [6.07, 6.45) is -3.01. The highest BCUT2D eigenvalue weighted by Gasteiger charge is 2.35. The van der Waals surface area contributed by atoms with Gasteiger partial charge in [-0.25, -0.2) is 8.42 Å². The van der Waals surface area contributed by atoms with E-state index in [2.05, 4.69) is 4.98 Å². The SMILES string of the molecule is Nc1ccc(S(=O)(=O)N2CCN(c3cc(C(F)(F)F)cc(OC4CC4)n3)CC2)cc1. The van der Waals surface area contributed by atoms with Gasteiger partial charge in [0.1, 0.15) is 11.9 Å². The minimum atomic E-state index is -4.53. The number of benzene rings is 1. The highest BCUT2D eigenvalue weighted by Crippen LogP contribution is 2.35. The molecule has 1 aliphatic heterocycles. The maximum atomic E-state index is 13.3. The summed E-state index contributed by atoms with van der Waals surface area (Å²) in [6.45, 7) is 0.684. The molecule has 11 heteroatoms. The molecule has 1 aromatic heterocycles. The Bertz CT molecular complexity index is 1020. The van der Waals surface area contributed by atoms with E-state index in [1.54, 1.807) is 4.90 Å². The summed E-state index contributed by atoms with van der Waals surface area (Å²) in [7, 11) is -3.71. The Morgan fingerprint density at radius 1 is 1.03 bits per heavy atom. The zero-order valence-electron chi connectivity index (χ0n) is 16.0. The van der Waals surface area contributed by atoms with E-state index in [9.17, 15) is 21.6 Å². The molecule has 0 bridgehead atoms. The van der Waals surface area contributed by atoms with Crippen molar-refractivity contribution in [3.05, 3.63) is 42.0 Å². The summed E-state index contributed by atoms with van der Waals surface area (Å²) in [5.41, 5.74) is 5.23. The Balaban J connectivity index is 1.51. The molecule has 0 unspecified atom stereocenters. The van der Waals surface area contributed by atoms with Crippen LogP contribution in [0.4, 0.5) is 24.7 Å². The smallest absolute Gasteiger partial charge is 0.416 e. The first-order valence-electron chi connectivity index (χ1n) is 9.49. The quantitative estimate of drug-likeness (QED) is 0.717. The average Bonchev–Trinajstić information content (AvgIpc) is 3.51. The number of halogens is 3. The van der Waals surface area contributed by atoms with Crippen LogP contribution >= 0.6 is 0 Å². The molecule has 4 rings (SSSR count). The van der Waals surface area contributed by atoms with E-state index in [1.807, 2.05) is 0 Å². The number of pyridine rings is 1. The van der Waals surface area contributed by atoms with E-state index < -0.39 is 21.8 Å². The fraction of sp³-hybridized carbons (Fsp3) is 0.421. The van der Waals surface area contributed by atoms with Crippen LogP contribution in [0.1, 0.15) is 18.4 Å². The molecule has 0 radical (unpaired) electrons. The number of anilines is 2. The number of nitrogens with zero attached hydrogens (tertiary/aromatic N) is 3. The molecule has 0 atom stereocenters. The minimum absolute atomic E-state index is 0.0562. The highest BCUT2D eigenvalue weighted by molar-refractivity contribution is 7.89. The van der Waals surface area contributed by atoms with Crippen LogP contribution in [0.2, 0.25) is 0 Å². The van der Waals surface area contributed by atoms with Crippen molar-refractivity contribution < 1.29 is 26.3 Å². The number of sulfonamides is 1. The Hall–Kier alpha value is -2.53. The lowest BCUT2D eigenvalue weighted by Crippen LogP contribution is -2.49. The third-order valence-corrected chi connectivity index (χ3v) is 6.92. The van der Waals surface area contributed by atoms with Gasteiger partial charge in [-0.3, -0.25) is 0 Å². The van der Waals surface area contributed by atoms with Crippen molar-refractivity contribution in [3.8, 4) is 5.88 Å². The molecule has 2 aromatic rings. The van der Waals surface area contributed by atoms with Crippen molar-refractivity contribution in [2.45, 2.75) is 30.0 Å². The van der Waals surface area contributed by atoms with Gasteiger partial charge in [0.05, 0.1) is 10.5 Å². The molecule has 2 aliphatic rings. The topological polar surface area (TPSA) is 88.8 Å². The summed E-state index contributed by atoms with van der Waals surface area (Å²) >= 11 is 0. The van der Waals surface area contributed by atoms with E-state index >= 15 is 0 Å². The first kappa shape index (κ1) is 20.7. The minimum Gasteiger partial charge on any atom is -0.474 e. The maximum Gasteiger partial charge on any atom is 0.416 e. The van der Waals surface area contributed by atoms with Crippen molar-refractivity contribution in [1.29, 1.82) is 0 Å². The van der Waals surface area contributed by atoms with E-state index in [1.165, 1.54) is 28.6 Å². The van der Waals surface area contributed by atoms with Gasteiger partial charge in [0.25, 0.3) is 0 Å². The van der Waals surface area contributed by atoms with Gasteiger partial charge in [0.2, 0.25) is 15.9 Å². The van der Waals surface area contributed by atoms with Gasteiger partial charge < -0.3 is 15.4 Å². The van der Waals surface area contributed by atoms with Gasteiger partial charge in [-0.15, -0.1) is 0 Å². The van der Waals surface area contributed by atoms with Crippen LogP contribution in [0.5, 0.6) is 5.88 Å². The monoisotopic (exact) mass is 442 g/mol. The van der Waals surface area contributed by atoms with Crippen LogP contribution in [0.3, 0.4) is 0 Å². The zero-order valence-corrected chi connectivity index (χ0v) is 16.8.